The van der Waals surface area contributed by atoms with Crippen LogP contribution in [0.5, 0.6) is 5.75 Å². The van der Waals surface area contributed by atoms with Crippen LogP contribution in [0.4, 0.5) is 0 Å². The van der Waals surface area contributed by atoms with Crippen molar-refractivity contribution in [1.82, 2.24) is 0 Å². The standard InChI is InChI=1S/C14H20O3/c1-11(15)3-7-13(16)8-4-12-5-9-14(17-2)10-6-12/h5-6,9-11,15H,3-4,7-8H2,1-2H3. The molecule has 3 nitrogen and oxygen atoms in total. The normalized spacial score (nSPS) is 12.2. The van der Waals surface area contributed by atoms with Gasteiger partial charge < -0.3 is 9.84 Å². The van der Waals surface area contributed by atoms with Gasteiger partial charge in [0, 0.05) is 12.8 Å². The highest BCUT2D eigenvalue weighted by atomic mass is 16.5. The van der Waals surface area contributed by atoms with Crippen LogP contribution in [-0.4, -0.2) is 24.1 Å². The Labute approximate surface area is 102 Å². The van der Waals surface area contributed by atoms with Crippen LogP contribution < -0.4 is 4.74 Å². The highest BCUT2D eigenvalue weighted by molar-refractivity contribution is 5.78. The van der Waals surface area contributed by atoms with E-state index in [-0.39, 0.29) is 11.9 Å². The van der Waals surface area contributed by atoms with E-state index < -0.39 is 0 Å². The molecule has 0 heterocycles. The second kappa shape index (κ2) is 7.07. The lowest BCUT2D eigenvalue weighted by atomic mass is 10.0. The van der Waals surface area contributed by atoms with Crippen molar-refractivity contribution in [3.05, 3.63) is 29.8 Å². The van der Waals surface area contributed by atoms with Crippen molar-refractivity contribution in [2.24, 2.45) is 0 Å². The molecule has 0 bridgehead atoms. The van der Waals surface area contributed by atoms with Crippen LogP contribution >= 0.6 is 0 Å². The number of hydrogen-bond acceptors (Lipinski definition) is 3. The maximum atomic E-state index is 11.5. The molecule has 94 valence electrons. The van der Waals surface area contributed by atoms with Crippen LogP contribution in [-0.2, 0) is 11.2 Å². The second-order valence-corrected chi connectivity index (χ2v) is 4.27. The lowest BCUT2D eigenvalue weighted by Crippen LogP contribution is -2.06. The molecule has 1 unspecified atom stereocenters. The molecule has 0 radical (unpaired) electrons. The van der Waals surface area contributed by atoms with Gasteiger partial charge in [0.25, 0.3) is 0 Å². The largest absolute Gasteiger partial charge is 0.497 e. The summed E-state index contributed by atoms with van der Waals surface area (Å²) in [7, 11) is 1.63. The van der Waals surface area contributed by atoms with Crippen molar-refractivity contribution in [3.63, 3.8) is 0 Å². The molecule has 0 aromatic heterocycles. The number of carbonyl (C=O) groups excluding carboxylic acids is 1. The van der Waals surface area contributed by atoms with Crippen molar-refractivity contribution in [2.45, 2.75) is 38.7 Å². The molecule has 1 aromatic rings. The third kappa shape index (κ3) is 5.50. The van der Waals surface area contributed by atoms with Crippen molar-refractivity contribution in [3.8, 4) is 5.75 Å². The molecule has 0 spiro atoms. The van der Waals surface area contributed by atoms with E-state index in [9.17, 15) is 4.79 Å². The van der Waals surface area contributed by atoms with Crippen LogP contribution in [0.15, 0.2) is 24.3 Å². The minimum absolute atomic E-state index is 0.210. The smallest absolute Gasteiger partial charge is 0.133 e. The summed E-state index contributed by atoms with van der Waals surface area (Å²) in [6.07, 6.45) is 1.93. The number of Topliss-reactive ketones (excluding diaryl/α,β-unsaturated/α-hetero) is 1. The Morgan fingerprint density at radius 3 is 2.47 bits per heavy atom. The van der Waals surface area contributed by atoms with Gasteiger partial charge in [-0.1, -0.05) is 12.1 Å². The van der Waals surface area contributed by atoms with E-state index >= 15 is 0 Å². The first-order valence-electron chi connectivity index (χ1n) is 5.94. The fourth-order valence-corrected chi connectivity index (χ4v) is 1.57. The minimum Gasteiger partial charge on any atom is -0.497 e. The van der Waals surface area contributed by atoms with Gasteiger partial charge >= 0.3 is 0 Å². The fraction of sp³-hybridized carbons (Fsp3) is 0.500. The Balaban J connectivity index is 2.31. The zero-order chi connectivity index (χ0) is 12.7. The highest BCUT2D eigenvalue weighted by Gasteiger charge is 2.05. The molecule has 0 aliphatic rings. The van der Waals surface area contributed by atoms with Gasteiger partial charge in [0.15, 0.2) is 0 Å². The van der Waals surface area contributed by atoms with E-state index in [0.29, 0.717) is 19.3 Å². The molecule has 1 atom stereocenters. The van der Waals surface area contributed by atoms with Crippen LogP contribution in [0, 0.1) is 0 Å². The number of hydrogen-bond donors (Lipinski definition) is 1. The van der Waals surface area contributed by atoms with E-state index in [1.165, 1.54) is 0 Å². The quantitative estimate of drug-likeness (QED) is 0.790. The summed E-state index contributed by atoms with van der Waals surface area (Å²) in [4.78, 5) is 11.5. The van der Waals surface area contributed by atoms with E-state index in [2.05, 4.69) is 0 Å². The lowest BCUT2D eigenvalue weighted by Gasteiger charge is -2.04. The minimum atomic E-state index is -0.389. The highest BCUT2D eigenvalue weighted by Crippen LogP contribution is 2.13. The topological polar surface area (TPSA) is 46.5 Å². The third-order valence-electron chi connectivity index (χ3n) is 2.69. The van der Waals surface area contributed by atoms with Gasteiger partial charge in [0.2, 0.25) is 0 Å². The summed E-state index contributed by atoms with van der Waals surface area (Å²) in [6, 6.07) is 7.74. The number of carbonyl (C=O) groups is 1. The molecule has 1 rings (SSSR count). The van der Waals surface area contributed by atoms with Crippen LogP contribution in [0.2, 0.25) is 0 Å². The summed E-state index contributed by atoms with van der Waals surface area (Å²) < 4.78 is 5.06. The SMILES string of the molecule is COc1ccc(CCC(=O)CCC(C)O)cc1. The van der Waals surface area contributed by atoms with Gasteiger partial charge in [-0.15, -0.1) is 0 Å². The summed E-state index contributed by atoms with van der Waals surface area (Å²) in [6.45, 7) is 1.71. The zero-order valence-corrected chi connectivity index (χ0v) is 10.5. The summed E-state index contributed by atoms with van der Waals surface area (Å²) in [5.74, 6) is 1.04. The summed E-state index contributed by atoms with van der Waals surface area (Å²) in [5.41, 5.74) is 1.14. The van der Waals surface area contributed by atoms with Gasteiger partial charge in [-0.25, -0.2) is 0 Å². The molecular weight excluding hydrogens is 216 g/mol. The Morgan fingerprint density at radius 1 is 1.29 bits per heavy atom. The zero-order valence-electron chi connectivity index (χ0n) is 10.5. The van der Waals surface area contributed by atoms with Crippen molar-refractivity contribution >= 4 is 5.78 Å². The molecule has 1 N–H and O–H groups in total. The van der Waals surface area contributed by atoms with E-state index in [0.717, 1.165) is 17.7 Å². The van der Waals surface area contributed by atoms with Crippen LogP contribution in [0.3, 0.4) is 0 Å². The van der Waals surface area contributed by atoms with Gasteiger partial charge in [-0.05, 0) is 37.5 Å². The first-order valence-corrected chi connectivity index (χ1v) is 5.94. The van der Waals surface area contributed by atoms with E-state index in [1.807, 2.05) is 24.3 Å². The van der Waals surface area contributed by atoms with Crippen molar-refractivity contribution in [2.75, 3.05) is 7.11 Å². The number of rotatable bonds is 7. The molecule has 0 aliphatic carbocycles. The van der Waals surface area contributed by atoms with Gasteiger partial charge in [0.05, 0.1) is 13.2 Å². The number of ether oxygens (including phenoxy) is 1. The Bertz CT molecular complexity index is 341. The van der Waals surface area contributed by atoms with E-state index in [4.69, 9.17) is 9.84 Å². The Hall–Kier alpha value is -1.35. The fourth-order valence-electron chi connectivity index (χ4n) is 1.57. The molecule has 0 fully saturated rings. The monoisotopic (exact) mass is 236 g/mol. The van der Waals surface area contributed by atoms with Gasteiger partial charge in [0.1, 0.15) is 11.5 Å². The molecule has 0 aliphatic heterocycles. The van der Waals surface area contributed by atoms with Crippen LogP contribution in [0.1, 0.15) is 31.7 Å². The average Bonchev–Trinajstić information content (AvgIpc) is 2.34. The molecule has 0 amide bonds. The first kappa shape index (κ1) is 13.7. The van der Waals surface area contributed by atoms with Crippen LogP contribution in [0.25, 0.3) is 0 Å². The third-order valence-corrected chi connectivity index (χ3v) is 2.69. The Kier molecular flexibility index (Phi) is 5.70. The molecular formula is C14H20O3. The number of aryl methyl sites for hydroxylation is 1. The van der Waals surface area contributed by atoms with E-state index in [1.54, 1.807) is 14.0 Å². The predicted molar refractivity (Wildman–Crippen MR) is 67.2 cm³/mol. The average molecular weight is 236 g/mol. The number of methoxy groups -OCH3 is 1. The summed E-state index contributed by atoms with van der Waals surface area (Å²) >= 11 is 0. The molecule has 0 saturated carbocycles. The number of aliphatic hydroxyl groups is 1. The van der Waals surface area contributed by atoms with Gasteiger partial charge in [-0.2, -0.15) is 0 Å². The van der Waals surface area contributed by atoms with Crippen molar-refractivity contribution < 1.29 is 14.6 Å². The number of ketones is 1. The lowest BCUT2D eigenvalue weighted by molar-refractivity contribution is -0.119. The maximum absolute atomic E-state index is 11.5. The number of aliphatic hydroxyl groups excluding tert-OH is 1. The molecule has 3 heteroatoms. The summed E-state index contributed by atoms with van der Waals surface area (Å²) in [5, 5.41) is 9.08. The van der Waals surface area contributed by atoms with Gasteiger partial charge in [-0.3, -0.25) is 4.79 Å². The van der Waals surface area contributed by atoms with Crippen molar-refractivity contribution in [1.29, 1.82) is 0 Å². The predicted octanol–water partition coefficient (Wildman–Crippen LogP) is 2.36. The Morgan fingerprint density at radius 2 is 1.94 bits per heavy atom. The molecule has 0 saturated heterocycles. The second-order valence-electron chi connectivity index (χ2n) is 4.27. The molecule has 17 heavy (non-hydrogen) atoms. The number of benzene rings is 1. The first-order chi connectivity index (χ1) is 8.11. The molecule has 1 aromatic carbocycles. The maximum Gasteiger partial charge on any atom is 0.133 e.